The molecule has 0 fully saturated rings. The van der Waals surface area contributed by atoms with Gasteiger partial charge in [0.25, 0.3) is 5.91 Å². The summed E-state index contributed by atoms with van der Waals surface area (Å²) in [5.74, 6) is -0.0156. The van der Waals surface area contributed by atoms with Crippen LogP contribution in [0.3, 0.4) is 0 Å². The summed E-state index contributed by atoms with van der Waals surface area (Å²) in [5, 5.41) is 0. The molecule has 0 aliphatic rings. The van der Waals surface area contributed by atoms with Crippen LogP contribution >= 0.6 is 0 Å². The third-order valence-corrected chi connectivity index (χ3v) is 2.14. The minimum atomic E-state index is -0.241. The number of rotatable bonds is 2. The van der Waals surface area contributed by atoms with Gasteiger partial charge in [0.15, 0.2) is 0 Å². The minimum Gasteiger partial charge on any atom is -0.310 e. The Labute approximate surface area is 91.2 Å². The molecule has 0 spiro atoms. The SMILES string of the molecule is C=CN(C(=O)c1ccccc1)C(C)(C)C. The first-order valence-electron chi connectivity index (χ1n) is 4.98. The average molecular weight is 203 g/mol. The van der Waals surface area contributed by atoms with E-state index in [9.17, 15) is 4.79 Å². The van der Waals surface area contributed by atoms with Crippen LogP contribution in [0.4, 0.5) is 0 Å². The molecule has 0 aliphatic carbocycles. The quantitative estimate of drug-likeness (QED) is 0.723. The molecule has 0 saturated carbocycles. The molecule has 0 heterocycles. The lowest BCUT2D eigenvalue weighted by Gasteiger charge is -2.32. The van der Waals surface area contributed by atoms with Crippen LogP contribution in [0.2, 0.25) is 0 Å². The van der Waals surface area contributed by atoms with Gasteiger partial charge in [0.2, 0.25) is 0 Å². The number of hydrogen-bond acceptors (Lipinski definition) is 1. The molecule has 80 valence electrons. The second kappa shape index (κ2) is 4.30. The summed E-state index contributed by atoms with van der Waals surface area (Å²) < 4.78 is 0. The molecular formula is C13H17NO. The van der Waals surface area contributed by atoms with Crippen molar-refractivity contribution in [2.45, 2.75) is 26.3 Å². The molecule has 2 heteroatoms. The number of nitrogens with zero attached hydrogens (tertiary/aromatic N) is 1. The maximum Gasteiger partial charge on any atom is 0.258 e. The number of carbonyl (C=O) groups is 1. The molecule has 0 aliphatic heterocycles. The third kappa shape index (κ3) is 2.69. The van der Waals surface area contributed by atoms with E-state index >= 15 is 0 Å². The summed E-state index contributed by atoms with van der Waals surface area (Å²) in [5.41, 5.74) is 0.446. The Kier molecular flexibility index (Phi) is 3.30. The van der Waals surface area contributed by atoms with Gasteiger partial charge < -0.3 is 4.90 Å². The van der Waals surface area contributed by atoms with Gasteiger partial charge >= 0.3 is 0 Å². The Morgan fingerprint density at radius 2 is 1.80 bits per heavy atom. The number of carbonyl (C=O) groups excluding carboxylic acids is 1. The lowest BCUT2D eigenvalue weighted by atomic mass is 10.0. The number of hydrogen-bond donors (Lipinski definition) is 0. The third-order valence-electron chi connectivity index (χ3n) is 2.14. The summed E-state index contributed by atoms with van der Waals surface area (Å²) in [6, 6.07) is 9.23. The zero-order valence-electron chi connectivity index (χ0n) is 9.53. The van der Waals surface area contributed by atoms with Crippen molar-refractivity contribution >= 4 is 5.91 Å². The Morgan fingerprint density at radius 1 is 1.27 bits per heavy atom. The van der Waals surface area contributed by atoms with Crippen molar-refractivity contribution in [3.05, 3.63) is 48.7 Å². The van der Waals surface area contributed by atoms with Crippen molar-refractivity contribution in [1.29, 1.82) is 0 Å². The maximum absolute atomic E-state index is 12.1. The summed E-state index contributed by atoms with van der Waals surface area (Å²) in [6.45, 7) is 9.62. The van der Waals surface area contributed by atoms with Gasteiger partial charge in [0, 0.05) is 17.3 Å². The fourth-order valence-corrected chi connectivity index (χ4v) is 1.38. The van der Waals surface area contributed by atoms with Crippen LogP contribution in [0.5, 0.6) is 0 Å². The monoisotopic (exact) mass is 203 g/mol. The fraction of sp³-hybridized carbons (Fsp3) is 0.308. The molecule has 1 aromatic rings. The van der Waals surface area contributed by atoms with Crippen LogP contribution in [-0.4, -0.2) is 16.3 Å². The largest absolute Gasteiger partial charge is 0.310 e. The Balaban J connectivity index is 2.98. The van der Waals surface area contributed by atoms with Crippen LogP contribution in [0, 0.1) is 0 Å². The smallest absolute Gasteiger partial charge is 0.258 e. The molecule has 1 aromatic carbocycles. The first-order chi connectivity index (χ1) is 6.96. The fourth-order valence-electron chi connectivity index (χ4n) is 1.38. The van der Waals surface area contributed by atoms with Gasteiger partial charge in [-0.25, -0.2) is 0 Å². The van der Waals surface area contributed by atoms with Gasteiger partial charge in [-0.3, -0.25) is 4.79 Å². The molecule has 0 atom stereocenters. The van der Waals surface area contributed by atoms with Gasteiger partial charge in [0.05, 0.1) is 0 Å². The van der Waals surface area contributed by atoms with E-state index in [1.165, 1.54) is 0 Å². The predicted octanol–water partition coefficient (Wildman–Crippen LogP) is 3.07. The van der Waals surface area contributed by atoms with Crippen LogP contribution < -0.4 is 0 Å². The van der Waals surface area contributed by atoms with Gasteiger partial charge in [0.1, 0.15) is 0 Å². The highest BCUT2D eigenvalue weighted by molar-refractivity contribution is 5.95. The van der Waals surface area contributed by atoms with E-state index in [4.69, 9.17) is 0 Å². The number of benzene rings is 1. The molecule has 1 amide bonds. The van der Waals surface area contributed by atoms with Crippen molar-refractivity contribution in [1.82, 2.24) is 4.90 Å². The van der Waals surface area contributed by atoms with E-state index in [1.54, 1.807) is 11.1 Å². The molecule has 0 saturated heterocycles. The van der Waals surface area contributed by atoms with Crippen molar-refractivity contribution in [2.75, 3.05) is 0 Å². The molecule has 0 radical (unpaired) electrons. The lowest BCUT2D eigenvalue weighted by Crippen LogP contribution is -2.41. The van der Waals surface area contributed by atoms with Gasteiger partial charge in [-0.1, -0.05) is 24.8 Å². The van der Waals surface area contributed by atoms with Crippen molar-refractivity contribution in [3.63, 3.8) is 0 Å². The van der Waals surface area contributed by atoms with E-state index in [0.29, 0.717) is 5.56 Å². The molecule has 0 unspecified atom stereocenters. The van der Waals surface area contributed by atoms with Gasteiger partial charge in [-0.15, -0.1) is 0 Å². The van der Waals surface area contributed by atoms with Crippen LogP contribution in [0.1, 0.15) is 31.1 Å². The summed E-state index contributed by atoms with van der Waals surface area (Å²) in [4.78, 5) is 13.7. The Bertz CT molecular complexity index is 349. The van der Waals surface area contributed by atoms with E-state index in [1.807, 2.05) is 51.1 Å². The predicted molar refractivity (Wildman–Crippen MR) is 62.6 cm³/mol. The van der Waals surface area contributed by atoms with Gasteiger partial charge in [-0.2, -0.15) is 0 Å². The zero-order valence-corrected chi connectivity index (χ0v) is 9.53. The molecular weight excluding hydrogens is 186 g/mol. The van der Waals surface area contributed by atoms with Crippen molar-refractivity contribution in [3.8, 4) is 0 Å². The number of amides is 1. The summed E-state index contributed by atoms with van der Waals surface area (Å²) in [6.07, 6.45) is 1.58. The van der Waals surface area contributed by atoms with E-state index in [-0.39, 0.29) is 11.4 Å². The van der Waals surface area contributed by atoms with Crippen molar-refractivity contribution in [2.24, 2.45) is 0 Å². The highest BCUT2D eigenvalue weighted by Gasteiger charge is 2.24. The molecule has 0 N–H and O–H groups in total. The van der Waals surface area contributed by atoms with E-state index < -0.39 is 0 Å². The molecule has 0 aromatic heterocycles. The maximum atomic E-state index is 12.1. The second-order valence-electron chi connectivity index (χ2n) is 4.39. The topological polar surface area (TPSA) is 20.3 Å². The minimum absolute atomic E-state index is 0.0156. The first-order valence-corrected chi connectivity index (χ1v) is 4.98. The van der Waals surface area contributed by atoms with Crippen molar-refractivity contribution < 1.29 is 4.79 Å². The summed E-state index contributed by atoms with van der Waals surface area (Å²) in [7, 11) is 0. The molecule has 15 heavy (non-hydrogen) atoms. The molecule has 0 bridgehead atoms. The second-order valence-corrected chi connectivity index (χ2v) is 4.39. The molecule has 1 rings (SSSR count). The zero-order chi connectivity index (χ0) is 11.5. The normalized spacial score (nSPS) is 10.9. The van der Waals surface area contributed by atoms with Crippen LogP contribution in [0.25, 0.3) is 0 Å². The molecule has 2 nitrogen and oxygen atoms in total. The Hall–Kier alpha value is -1.57. The highest BCUT2D eigenvalue weighted by atomic mass is 16.2. The van der Waals surface area contributed by atoms with E-state index in [0.717, 1.165) is 0 Å². The Morgan fingerprint density at radius 3 is 2.20 bits per heavy atom. The lowest BCUT2D eigenvalue weighted by molar-refractivity contribution is 0.0706. The standard InChI is InChI=1S/C13H17NO/c1-5-14(13(2,3)4)12(15)11-9-7-6-8-10-11/h5-10H,1H2,2-4H3. The first kappa shape index (κ1) is 11.5. The van der Waals surface area contributed by atoms with Crippen LogP contribution in [0.15, 0.2) is 43.1 Å². The van der Waals surface area contributed by atoms with Crippen LogP contribution in [-0.2, 0) is 0 Å². The summed E-state index contributed by atoms with van der Waals surface area (Å²) >= 11 is 0. The average Bonchev–Trinajstić information content (AvgIpc) is 2.18. The van der Waals surface area contributed by atoms with Gasteiger partial charge in [-0.05, 0) is 32.9 Å². The van der Waals surface area contributed by atoms with E-state index in [2.05, 4.69) is 6.58 Å². The highest BCUT2D eigenvalue weighted by Crippen LogP contribution is 2.17.